The predicted octanol–water partition coefficient (Wildman–Crippen LogP) is 3.23. The van der Waals surface area contributed by atoms with Crippen molar-refractivity contribution in [3.8, 4) is 0 Å². The monoisotopic (exact) mass is 308 g/mol. The maximum atomic E-state index is 3.94. The van der Waals surface area contributed by atoms with Gasteiger partial charge in [-0.2, -0.15) is 11.8 Å². The van der Waals surface area contributed by atoms with E-state index in [0.29, 0.717) is 5.41 Å². The molecule has 1 unspecified atom stereocenters. The van der Waals surface area contributed by atoms with Crippen LogP contribution in [0.15, 0.2) is 0 Å². The van der Waals surface area contributed by atoms with E-state index in [1.807, 2.05) is 0 Å². The highest BCUT2D eigenvalue weighted by Gasteiger charge is 2.52. The van der Waals surface area contributed by atoms with Crippen LogP contribution < -0.4 is 5.32 Å². The predicted molar refractivity (Wildman–Crippen MR) is 91.8 cm³/mol. The van der Waals surface area contributed by atoms with Gasteiger partial charge in [0.15, 0.2) is 0 Å². The fourth-order valence-corrected chi connectivity index (χ4v) is 7.17. The summed E-state index contributed by atoms with van der Waals surface area (Å²) >= 11 is 2.11. The molecule has 21 heavy (non-hydrogen) atoms. The van der Waals surface area contributed by atoms with Crippen LogP contribution >= 0.6 is 11.8 Å². The van der Waals surface area contributed by atoms with E-state index in [1.54, 1.807) is 19.3 Å². The number of nitrogens with zero attached hydrogens (tertiary/aromatic N) is 1. The van der Waals surface area contributed by atoms with E-state index < -0.39 is 0 Å². The molecule has 0 aromatic rings. The van der Waals surface area contributed by atoms with Crippen LogP contribution in [0.5, 0.6) is 0 Å². The minimum absolute atomic E-state index is 0.673. The largest absolute Gasteiger partial charge is 0.312 e. The second-order valence-electron chi connectivity index (χ2n) is 8.41. The van der Waals surface area contributed by atoms with Crippen molar-refractivity contribution in [3.63, 3.8) is 0 Å². The lowest BCUT2D eigenvalue weighted by Crippen LogP contribution is -2.55. The molecular formula is C18H32N2S. The third-order valence-electron chi connectivity index (χ3n) is 6.99. The van der Waals surface area contributed by atoms with Crippen molar-refractivity contribution in [3.05, 3.63) is 0 Å². The van der Waals surface area contributed by atoms with E-state index in [1.165, 1.54) is 56.9 Å². The van der Waals surface area contributed by atoms with Crippen molar-refractivity contribution in [2.24, 2.45) is 23.2 Å². The van der Waals surface area contributed by atoms with Gasteiger partial charge in [0, 0.05) is 43.7 Å². The molecule has 1 atom stereocenters. The van der Waals surface area contributed by atoms with E-state index in [0.717, 1.165) is 23.8 Å². The Kier molecular flexibility index (Phi) is 4.27. The van der Waals surface area contributed by atoms with Crippen molar-refractivity contribution in [2.75, 3.05) is 37.7 Å². The van der Waals surface area contributed by atoms with Crippen LogP contribution in [0.2, 0.25) is 0 Å². The van der Waals surface area contributed by atoms with Gasteiger partial charge < -0.3 is 10.2 Å². The first kappa shape index (κ1) is 14.8. The highest BCUT2D eigenvalue weighted by atomic mass is 32.2. The Morgan fingerprint density at radius 2 is 1.62 bits per heavy atom. The van der Waals surface area contributed by atoms with Gasteiger partial charge in [0.25, 0.3) is 0 Å². The average Bonchev–Trinajstić information content (AvgIpc) is 2.47. The summed E-state index contributed by atoms with van der Waals surface area (Å²) in [5.41, 5.74) is 0.673. The van der Waals surface area contributed by atoms with Crippen molar-refractivity contribution in [1.29, 1.82) is 0 Å². The first-order valence-electron chi connectivity index (χ1n) is 9.27. The van der Waals surface area contributed by atoms with Gasteiger partial charge in [-0.1, -0.05) is 0 Å². The molecule has 4 aliphatic carbocycles. The average molecular weight is 309 g/mol. The molecule has 4 bridgehead atoms. The third-order valence-corrected chi connectivity index (χ3v) is 7.93. The molecule has 4 saturated carbocycles. The minimum Gasteiger partial charge on any atom is -0.312 e. The van der Waals surface area contributed by atoms with Gasteiger partial charge in [-0.3, -0.25) is 0 Å². The summed E-state index contributed by atoms with van der Waals surface area (Å²) in [6.07, 6.45) is 9.31. The molecule has 5 fully saturated rings. The second-order valence-corrected chi connectivity index (χ2v) is 9.63. The molecule has 1 saturated heterocycles. The Labute approximate surface area is 134 Å². The summed E-state index contributed by atoms with van der Waals surface area (Å²) in [5, 5.41) is 3.94. The van der Waals surface area contributed by atoms with Crippen molar-refractivity contribution >= 4 is 11.8 Å². The fraction of sp³-hybridized carbons (Fsp3) is 1.00. The Morgan fingerprint density at radius 3 is 2.19 bits per heavy atom. The third kappa shape index (κ3) is 3.03. The van der Waals surface area contributed by atoms with E-state index >= 15 is 0 Å². The van der Waals surface area contributed by atoms with Crippen molar-refractivity contribution in [2.45, 2.75) is 51.5 Å². The van der Waals surface area contributed by atoms with Crippen LogP contribution in [-0.2, 0) is 0 Å². The molecule has 1 heterocycles. The lowest BCUT2D eigenvalue weighted by molar-refractivity contribution is -0.0704. The highest BCUT2D eigenvalue weighted by molar-refractivity contribution is 7.99. The normalized spacial score (nSPS) is 44.1. The number of rotatable bonds is 5. The molecule has 1 aliphatic heterocycles. The lowest BCUT2D eigenvalue weighted by Gasteiger charge is -2.59. The van der Waals surface area contributed by atoms with E-state index in [9.17, 15) is 0 Å². The molecule has 0 spiro atoms. The molecule has 0 aromatic heterocycles. The molecule has 0 aromatic carbocycles. The Hall–Kier alpha value is 0.270. The summed E-state index contributed by atoms with van der Waals surface area (Å²) in [4.78, 5) is 2.65. The Balaban J connectivity index is 1.29. The Bertz CT molecular complexity index is 329. The smallest absolute Gasteiger partial charge is 0.0108 e. The zero-order valence-corrected chi connectivity index (χ0v) is 14.5. The lowest BCUT2D eigenvalue weighted by atomic mass is 9.48. The molecule has 0 amide bonds. The van der Waals surface area contributed by atoms with Crippen LogP contribution in [0, 0.1) is 23.2 Å². The zero-order chi connectivity index (χ0) is 14.3. The van der Waals surface area contributed by atoms with Gasteiger partial charge in [0.2, 0.25) is 0 Å². The molecule has 0 radical (unpaired) electrons. The Morgan fingerprint density at radius 1 is 1.05 bits per heavy atom. The summed E-state index contributed by atoms with van der Waals surface area (Å²) < 4.78 is 0. The number of hydrogen-bond acceptors (Lipinski definition) is 3. The zero-order valence-electron chi connectivity index (χ0n) is 13.7. The molecule has 1 N–H and O–H groups in total. The first-order chi connectivity index (χ1) is 10.2. The van der Waals surface area contributed by atoms with Crippen LogP contribution in [0.4, 0.5) is 0 Å². The maximum absolute atomic E-state index is 3.94. The molecule has 2 nitrogen and oxygen atoms in total. The summed E-state index contributed by atoms with van der Waals surface area (Å²) in [6.45, 7) is 7.57. The van der Waals surface area contributed by atoms with Gasteiger partial charge in [-0.15, -0.1) is 0 Å². The number of hydrogen-bond donors (Lipinski definition) is 1. The molecule has 5 rings (SSSR count). The molecule has 120 valence electrons. The van der Waals surface area contributed by atoms with Gasteiger partial charge in [0.05, 0.1) is 0 Å². The maximum Gasteiger partial charge on any atom is 0.0108 e. The van der Waals surface area contributed by atoms with Gasteiger partial charge in [0.1, 0.15) is 0 Å². The summed E-state index contributed by atoms with van der Waals surface area (Å²) in [5.74, 6) is 5.92. The van der Waals surface area contributed by atoms with Crippen molar-refractivity contribution < 1.29 is 0 Å². The van der Waals surface area contributed by atoms with Crippen LogP contribution in [-0.4, -0.2) is 48.6 Å². The molecular weight excluding hydrogens is 276 g/mol. The summed E-state index contributed by atoms with van der Waals surface area (Å²) in [7, 11) is 0. The fourth-order valence-electron chi connectivity index (χ4n) is 6.19. The standard InChI is InChI=1S/C18H32N2S/c1-14(19-2-3-20-4-6-21-7-5-20)18-11-15-8-16(12-18)10-17(9-15)13-18/h14-17,19H,2-13H2,1H3. The SMILES string of the molecule is CC(NCCN1CCSCC1)C12CC3CC(CC(C3)C1)C2. The second kappa shape index (κ2) is 6.05. The van der Waals surface area contributed by atoms with Crippen molar-refractivity contribution in [1.82, 2.24) is 10.2 Å². The minimum atomic E-state index is 0.673. The van der Waals surface area contributed by atoms with E-state index in [-0.39, 0.29) is 0 Å². The topological polar surface area (TPSA) is 15.3 Å². The van der Waals surface area contributed by atoms with Crippen LogP contribution in [0.1, 0.15) is 45.4 Å². The number of thioether (sulfide) groups is 1. The van der Waals surface area contributed by atoms with E-state index in [2.05, 4.69) is 28.9 Å². The highest BCUT2D eigenvalue weighted by Crippen LogP contribution is 2.61. The van der Waals surface area contributed by atoms with Gasteiger partial charge in [-0.05, 0) is 68.6 Å². The molecule has 5 aliphatic rings. The van der Waals surface area contributed by atoms with Crippen LogP contribution in [0.3, 0.4) is 0 Å². The molecule has 3 heteroatoms. The quantitative estimate of drug-likeness (QED) is 0.839. The number of nitrogens with one attached hydrogen (secondary N) is 1. The van der Waals surface area contributed by atoms with Gasteiger partial charge in [-0.25, -0.2) is 0 Å². The van der Waals surface area contributed by atoms with Crippen LogP contribution in [0.25, 0.3) is 0 Å². The van der Waals surface area contributed by atoms with E-state index in [4.69, 9.17) is 0 Å². The van der Waals surface area contributed by atoms with Gasteiger partial charge >= 0.3 is 0 Å². The first-order valence-corrected chi connectivity index (χ1v) is 10.4. The summed E-state index contributed by atoms with van der Waals surface area (Å²) in [6, 6.07) is 0.741.